The second-order valence-corrected chi connectivity index (χ2v) is 3.57. The number of rotatable bonds is 4. The summed E-state index contributed by atoms with van der Waals surface area (Å²) in [5, 5.41) is 12.6. The van der Waals surface area contributed by atoms with Crippen LogP contribution >= 0.6 is 0 Å². The summed E-state index contributed by atoms with van der Waals surface area (Å²) in [6, 6.07) is 3.29. The third kappa shape index (κ3) is 2.62. The molecule has 0 atom stereocenters. The van der Waals surface area contributed by atoms with Gasteiger partial charge in [0.25, 0.3) is 0 Å². The number of hydrogen-bond acceptors (Lipinski definition) is 4. The molecule has 0 fully saturated rings. The molecule has 7 heteroatoms. The molecule has 1 aromatic carbocycles. The zero-order valence-corrected chi connectivity index (χ0v) is 9.50. The molecule has 2 aromatic rings. The van der Waals surface area contributed by atoms with Gasteiger partial charge in [0.1, 0.15) is 24.5 Å². The largest absolute Gasteiger partial charge is 0.485 e. The van der Waals surface area contributed by atoms with Crippen LogP contribution in [-0.2, 0) is 13.7 Å². The van der Waals surface area contributed by atoms with Crippen LogP contribution in [0.5, 0.6) is 5.75 Å². The Morgan fingerprint density at radius 1 is 1.50 bits per heavy atom. The Balaban J connectivity index is 2.14. The molecule has 0 radical (unpaired) electrons. The number of nitrogens with zero attached hydrogens (tertiary/aromatic N) is 3. The fourth-order valence-electron chi connectivity index (χ4n) is 1.37. The fraction of sp³-hybridized carbons (Fsp3) is 0.182. The number of aryl methyl sites for hydroxylation is 1. The lowest BCUT2D eigenvalue weighted by Gasteiger charge is -2.06. The van der Waals surface area contributed by atoms with Gasteiger partial charge in [-0.2, -0.15) is 5.10 Å². The first-order valence-electron chi connectivity index (χ1n) is 5.06. The normalized spacial score (nSPS) is 10.3. The maximum Gasteiger partial charge on any atom is 0.335 e. The minimum atomic E-state index is -1.21. The van der Waals surface area contributed by atoms with Crippen molar-refractivity contribution in [1.82, 2.24) is 14.8 Å². The number of halogens is 1. The zero-order chi connectivity index (χ0) is 13.1. The number of carboxylic acid groups (broad SMARTS) is 1. The molecule has 94 valence electrons. The van der Waals surface area contributed by atoms with Gasteiger partial charge in [-0.1, -0.05) is 0 Å². The van der Waals surface area contributed by atoms with Gasteiger partial charge < -0.3 is 9.84 Å². The van der Waals surface area contributed by atoms with Crippen molar-refractivity contribution in [3.63, 3.8) is 0 Å². The molecule has 1 N–H and O–H groups in total. The van der Waals surface area contributed by atoms with E-state index in [1.165, 1.54) is 17.1 Å². The third-order valence-electron chi connectivity index (χ3n) is 2.29. The lowest BCUT2D eigenvalue weighted by atomic mass is 10.2. The predicted octanol–water partition coefficient (Wildman–Crippen LogP) is 1.23. The molecule has 0 saturated carbocycles. The maximum atomic E-state index is 13.2. The van der Waals surface area contributed by atoms with Crippen molar-refractivity contribution in [1.29, 1.82) is 0 Å². The van der Waals surface area contributed by atoms with Crippen LogP contribution in [0, 0.1) is 5.82 Å². The minimum Gasteiger partial charge on any atom is -0.485 e. The fourth-order valence-corrected chi connectivity index (χ4v) is 1.37. The number of hydrogen-bond donors (Lipinski definition) is 1. The summed E-state index contributed by atoms with van der Waals surface area (Å²) in [4.78, 5) is 14.7. The van der Waals surface area contributed by atoms with Gasteiger partial charge in [-0.05, 0) is 12.1 Å². The molecule has 6 nitrogen and oxygen atoms in total. The van der Waals surface area contributed by atoms with E-state index in [1.54, 1.807) is 7.05 Å². The molecule has 0 aliphatic heterocycles. The highest BCUT2D eigenvalue weighted by Crippen LogP contribution is 2.17. The van der Waals surface area contributed by atoms with Crippen LogP contribution in [0.25, 0.3) is 0 Å². The lowest BCUT2D eigenvalue weighted by molar-refractivity contribution is 0.0695. The Morgan fingerprint density at radius 2 is 2.28 bits per heavy atom. The summed E-state index contributed by atoms with van der Waals surface area (Å²) < 4.78 is 19.9. The van der Waals surface area contributed by atoms with E-state index >= 15 is 0 Å². The molecule has 0 aliphatic carbocycles. The Hall–Kier alpha value is -2.44. The van der Waals surface area contributed by atoms with E-state index in [9.17, 15) is 9.18 Å². The molecule has 0 bridgehead atoms. The molecule has 0 aliphatic rings. The van der Waals surface area contributed by atoms with E-state index in [2.05, 4.69) is 10.1 Å². The van der Waals surface area contributed by atoms with Crippen LogP contribution in [0.2, 0.25) is 0 Å². The maximum absolute atomic E-state index is 13.2. The second-order valence-electron chi connectivity index (χ2n) is 3.57. The van der Waals surface area contributed by atoms with Crippen LogP contribution in [-0.4, -0.2) is 25.8 Å². The number of carboxylic acids is 1. The monoisotopic (exact) mass is 251 g/mol. The summed E-state index contributed by atoms with van der Waals surface area (Å²) >= 11 is 0. The van der Waals surface area contributed by atoms with Gasteiger partial charge in [-0.3, -0.25) is 4.68 Å². The standard InChI is InChI=1S/C11H10FN3O3/c1-15-10(13-6-14-15)5-18-9-3-7(11(16)17)2-8(12)4-9/h2-4,6H,5H2,1H3,(H,16,17). The van der Waals surface area contributed by atoms with E-state index in [0.29, 0.717) is 5.82 Å². The van der Waals surface area contributed by atoms with Gasteiger partial charge in [0.2, 0.25) is 0 Å². The zero-order valence-electron chi connectivity index (χ0n) is 9.50. The van der Waals surface area contributed by atoms with Crippen LogP contribution in [0.3, 0.4) is 0 Å². The highest BCUT2D eigenvalue weighted by molar-refractivity contribution is 5.88. The van der Waals surface area contributed by atoms with Crippen molar-refractivity contribution in [3.05, 3.63) is 41.7 Å². The molecular weight excluding hydrogens is 241 g/mol. The average molecular weight is 251 g/mol. The van der Waals surface area contributed by atoms with Gasteiger partial charge in [0.15, 0.2) is 5.82 Å². The molecule has 0 saturated heterocycles. The average Bonchev–Trinajstić information content (AvgIpc) is 2.71. The van der Waals surface area contributed by atoms with E-state index in [1.807, 2.05) is 0 Å². The summed E-state index contributed by atoms with van der Waals surface area (Å²) in [6.45, 7) is 0.0824. The molecule has 0 spiro atoms. The van der Waals surface area contributed by atoms with Crippen LogP contribution < -0.4 is 4.74 Å². The number of benzene rings is 1. The summed E-state index contributed by atoms with van der Waals surface area (Å²) in [7, 11) is 1.69. The molecule has 1 aromatic heterocycles. The number of ether oxygens (including phenoxy) is 1. The number of carbonyl (C=O) groups is 1. The van der Waals surface area contributed by atoms with Gasteiger partial charge in [-0.25, -0.2) is 14.2 Å². The first kappa shape index (κ1) is 12.0. The Labute approximate surface area is 102 Å². The lowest BCUT2D eigenvalue weighted by Crippen LogP contribution is -2.05. The van der Waals surface area contributed by atoms with Gasteiger partial charge in [0, 0.05) is 13.1 Å². The van der Waals surface area contributed by atoms with E-state index in [-0.39, 0.29) is 17.9 Å². The van der Waals surface area contributed by atoms with Crippen molar-refractivity contribution in [2.75, 3.05) is 0 Å². The quantitative estimate of drug-likeness (QED) is 0.884. The number of aromatic carboxylic acids is 1. The molecular formula is C11H10FN3O3. The highest BCUT2D eigenvalue weighted by Gasteiger charge is 2.09. The Kier molecular flexibility index (Phi) is 3.22. The van der Waals surface area contributed by atoms with Crippen LogP contribution in [0.4, 0.5) is 4.39 Å². The molecule has 18 heavy (non-hydrogen) atoms. The van der Waals surface area contributed by atoms with Crippen molar-refractivity contribution in [3.8, 4) is 5.75 Å². The van der Waals surface area contributed by atoms with Gasteiger partial charge >= 0.3 is 5.97 Å². The third-order valence-corrected chi connectivity index (χ3v) is 2.29. The van der Waals surface area contributed by atoms with Crippen molar-refractivity contribution in [2.45, 2.75) is 6.61 Å². The van der Waals surface area contributed by atoms with Gasteiger partial charge in [0.05, 0.1) is 5.56 Å². The molecule has 2 rings (SSSR count). The van der Waals surface area contributed by atoms with Crippen LogP contribution in [0.15, 0.2) is 24.5 Å². The molecule has 0 unspecified atom stereocenters. The van der Waals surface area contributed by atoms with E-state index in [4.69, 9.17) is 9.84 Å². The van der Waals surface area contributed by atoms with E-state index < -0.39 is 11.8 Å². The first-order valence-corrected chi connectivity index (χ1v) is 5.06. The summed E-state index contributed by atoms with van der Waals surface area (Å²) in [5.74, 6) is -1.19. The first-order chi connectivity index (χ1) is 8.56. The summed E-state index contributed by atoms with van der Waals surface area (Å²) in [6.07, 6.45) is 1.37. The van der Waals surface area contributed by atoms with E-state index in [0.717, 1.165) is 12.1 Å². The summed E-state index contributed by atoms with van der Waals surface area (Å²) in [5.41, 5.74) is -0.164. The topological polar surface area (TPSA) is 77.2 Å². The molecule has 0 amide bonds. The predicted molar refractivity (Wildman–Crippen MR) is 58.7 cm³/mol. The second kappa shape index (κ2) is 4.82. The minimum absolute atomic E-state index is 0.0824. The number of aromatic nitrogens is 3. The smallest absolute Gasteiger partial charge is 0.335 e. The van der Waals surface area contributed by atoms with Crippen LogP contribution in [0.1, 0.15) is 16.2 Å². The SMILES string of the molecule is Cn1ncnc1COc1cc(F)cc(C(=O)O)c1. The highest BCUT2D eigenvalue weighted by atomic mass is 19.1. The molecule has 1 heterocycles. The van der Waals surface area contributed by atoms with Crippen molar-refractivity contribution < 1.29 is 19.0 Å². The van der Waals surface area contributed by atoms with Crippen molar-refractivity contribution in [2.24, 2.45) is 7.05 Å². The van der Waals surface area contributed by atoms with Gasteiger partial charge in [-0.15, -0.1) is 0 Å². The Bertz CT molecular complexity index is 583. The van der Waals surface area contributed by atoms with Crippen molar-refractivity contribution >= 4 is 5.97 Å². The Morgan fingerprint density at radius 3 is 2.89 bits per heavy atom.